The fraction of sp³-hybridized carbons (Fsp3) is 0.667. The van der Waals surface area contributed by atoms with Crippen LogP contribution >= 0.6 is 0 Å². The quantitative estimate of drug-likeness (QED) is 0.555. The second-order valence-corrected chi connectivity index (χ2v) is 2.74. The topological polar surface area (TPSA) is 57.5 Å². The number of Topliss-reactive ketones (excluding diaryl/α,β-unsaturated/α-hetero) is 1. The summed E-state index contributed by atoms with van der Waals surface area (Å²) in [7, 11) is 0. The van der Waals surface area contributed by atoms with Gasteiger partial charge >= 0.3 is 0 Å². The minimum absolute atomic E-state index is 0.167. The molecule has 0 aliphatic carbocycles. The van der Waals surface area contributed by atoms with Gasteiger partial charge in [0, 0.05) is 6.10 Å². The summed E-state index contributed by atoms with van der Waals surface area (Å²) in [5, 5.41) is 15.9. The van der Waals surface area contributed by atoms with Gasteiger partial charge in [-0.1, -0.05) is 6.58 Å². The molecule has 0 spiro atoms. The van der Waals surface area contributed by atoms with Crippen molar-refractivity contribution in [2.45, 2.75) is 40.7 Å². The summed E-state index contributed by atoms with van der Waals surface area (Å²) < 4.78 is 0. The van der Waals surface area contributed by atoms with Gasteiger partial charge in [-0.3, -0.25) is 0 Å². The molecule has 0 aromatic carbocycles. The van der Waals surface area contributed by atoms with Gasteiger partial charge in [0.25, 0.3) is 0 Å². The van der Waals surface area contributed by atoms with Crippen LogP contribution in [0, 0.1) is 0 Å². The molecule has 0 saturated heterocycles. The zero-order valence-corrected chi connectivity index (χ0v) is 8.59. The molecule has 0 heterocycles. The molecule has 0 atom stereocenters. The van der Waals surface area contributed by atoms with Crippen LogP contribution in [0.5, 0.6) is 0 Å². The molecule has 0 aromatic heterocycles. The van der Waals surface area contributed by atoms with E-state index in [1.807, 2.05) is 0 Å². The first kappa shape index (κ1) is 17.3. The highest BCUT2D eigenvalue weighted by atomic mass is 16.3. The predicted octanol–water partition coefficient (Wildman–Crippen LogP) is 2.06. The summed E-state index contributed by atoms with van der Waals surface area (Å²) >= 11 is 0. The van der Waals surface area contributed by atoms with E-state index in [0.717, 1.165) is 0 Å². The molecule has 12 heavy (non-hydrogen) atoms. The van der Waals surface area contributed by atoms with Crippen molar-refractivity contribution >= 4 is 5.78 Å². The van der Waals surface area contributed by atoms with E-state index in [9.17, 15) is 4.79 Å². The van der Waals surface area contributed by atoms with Crippen LogP contribution in [0.15, 0.2) is 12.3 Å². The summed E-state index contributed by atoms with van der Waals surface area (Å²) in [6.07, 6.45) is -0.167. The zero-order chi connectivity index (χ0) is 10.7. The van der Waals surface area contributed by atoms with Crippen molar-refractivity contribution in [1.29, 1.82) is 0 Å². The zero-order valence-electron chi connectivity index (χ0n) is 8.59. The smallest absolute Gasteiger partial charge is 0.126 e. The Hall–Kier alpha value is -0.830. The van der Waals surface area contributed by atoms with Gasteiger partial charge in [-0.2, -0.15) is 0 Å². The number of aliphatic hydroxyl groups excluding tert-OH is 2. The number of allylic oxidation sites excluding steroid dienone is 1. The number of carbonyl (C=O) groups is 1. The van der Waals surface area contributed by atoms with E-state index in [4.69, 9.17) is 10.2 Å². The number of carbonyl (C=O) groups excluding carboxylic acids is 1. The maximum Gasteiger partial charge on any atom is 0.126 e. The van der Waals surface area contributed by atoms with Crippen molar-refractivity contribution in [3.05, 3.63) is 12.3 Å². The van der Waals surface area contributed by atoms with Gasteiger partial charge in [0.1, 0.15) is 5.78 Å². The molecule has 0 amide bonds. The number of hydrogen-bond acceptors (Lipinski definition) is 3. The molecule has 74 valence electrons. The monoisotopic (exact) mass is 176 g/mol. The first-order valence-corrected chi connectivity index (χ1v) is 3.69. The van der Waals surface area contributed by atoms with Gasteiger partial charge in [0.15, 0.2) is 0 Å². The van der Waals surface area contributed by atoms with Crippen LogP contribution in [0.25, 0.3) is 0 Å². The lowest BCUT2D eigenvalue weighted by Gasteiger charge is -1.80. The number of ketones is 1. The van der Waals surface area contributed by atoms with E-state index in [1.54, 1.807) is 13.8 Å². The van der Waals surface area contributed by atoms with Gasteiger partial charge in [-0.15, -0.1) is 0 Å². The third-order valence-corrected chi connectivity index (χ3v) is 0. The average molecular weight is 176 g/mol. The molecule has 3 nitrogen and oxygen atoms in total. The third-order valence-electron chi connectivity index (χ3n) is 0. The van der Waals surface area contributed by atoms with Crippen LogP contribution in [0.4, 0.5) is 0 Å². The molecular formula is C9H20O3. The SMILES string of the molecule is C=C(C)O.CC(C)=O.CC(C)O. The Morgan fingerprint density at radius 3 is 1.25 bits per heavy atom. The van der Waals surface area contributed by atoms with Crippen LogP contribution in [-0.4, -0.2) is 22.1 Å². The molecular weight excluding hydrogens is 156 g/mol. The lowest BCUT2D eigenvalue weighted by atomic mass is 10.5. The minimum atomic E-state index is -0.167. The van der Waals surface area contributed by atoms with E-state index in [-0.39, 0.29) is 17.6 Å². The van der Waals surface area contributed by atoms with Gasteiger partial charge in [0.2, 0.25) is 0 Å². The summed E-state index contributed by atoms with van der Waals surface area (Å²) in [6.45, 7) is 11.1. The van der Waals surface area contributed by atoms with E-state index >= 15 is 0 Å². The standard InChI is InChI=1S/C3H8O.2C3H6O/c3*1-3(2)4/h3-4H,1-2H3;1-2H3;4H,1H2,2H3. The molecule has 2 N–H and O–H groups in total. The fourth-order valence-electron chi connectivity index (χ4n) is 0. The summed E-state index contributed by atoms with van der Waals surface area (Å²) in [5.41, 5.74) is 0. The Balaban J connectivity index is -0.000000101. The molecule has 0 radical (unpaired) electrons. The van der Waals surface area contributed by atoms with Crippen molar-refractivity contribution < 1.29 is 15.0 Å². The van der Waals surface area contributed by atoms with Crippen LogP contribution in [0.1, 0.15) is 34.6 Å². The Kier molecular flexibility index (Phi) is 18.5. The van der Waals surface area contributed by atoms with E-state index < -0.39 is 0 Å². The second kappa shape index (κ2) is 12.8. The first-order chi connectivity index (χ1) is 5.20. The van der Waals surface area contributed by atoms with Crippen LogP contribution in [-0.2, 0) is 4.79 Å². The summed E-state index contributed by atoms with van der Waals surface area (Å²) in [5.74, 6) is 0.333. The Bertz CT molecular complexity index is 94.2. The molecule has 0 rings (SSSR count). The van der Waals surface area contributed by atoms with E-state index in [1.165, 1.54) is 20.8 Å². The van der Waals surface area contributed by atoms with Crippen molar-refractivity contribution in [2.75, 3.05) is 0 Å². The molecule has 0 bridgehead atoms. The minimum Gasteiger partial charge on any atom is -0.513 e. The molecule has 0 aliphatic heterocycles. The highest BCUT2D eigenvalue weighted by Gasteiger charge is 1.69. The maximum atomic E-state index is 9.44. The molecule has 3 heteroatoms. The van der Waals surface area contributed by atoms with Crippen molar-refractivity contribution in [1.82, 2.24) is 0 Å². The van der Waals surface area contributed by atoms with Crippen molar-refractivity contribution in [2.24, 2.45) is 0 Å². The largest absolute Gasteiger partial charge is 0.513 e. The van der Waals surface area contributed by atoms with Crippen LogP contribution in [0.3, 0.4) is 0 Å². The average Bonchev–Trinajstić information content (AvgIpc) is 1.54. The fourth-order valence-corrected chi connectivity index (χ4v) is 0. The van der Waals surface area contributed by atoms with Crippen LogP contribution in [0.2, 0.25) is 0 Å². The lowest BCUT2D eigenvalue weighted by Crippen LogP contribution is -1.85. The Morgan fingerprint density at radius 1 is 1.25 bits per heavy atom. The first-order valence-electron chi connectivity index (χ1n) is 3.69. The second-order valence-electron chi connectivity index (χ2n) is 2.74. The maximum absolute atomic E-state index is 9.44. The normalized spacial score (nSPS) is 7.25. The van der Waals surface area contributed by atoms with E-state index in [2.05, 4.69) is 6.58 Å². The molecule has 0 saturated carbocycles. The van der Waals surface area contributed by atoms with Gasteiger partial charge in [0.05, 0.1) is 5.76 Å². The van der Waals surface area contributed by atoms with Crippen molar-refractivity contribution in [3.63, 3.8) is 0 Å². The van der Waals surface area contributed by atoms with Crippen molar-refractivity contribution in [3.8, 4) is 0 Å². The van der Waals surface area contributed by atoms with E-state index in [0.29, 0.717) is 0 Å². The van der Waals surface area contributed by atoms with Gasteiger partial charge in [-0.05, 0) is 34.6 Å². The molecule has 0 fully saturated rings. The number of hydrogen-bond donors (Lipinski definition) is 2. The lowest BCUT2D eigenvalue weighted by molar-refractivity contribution is -0.114. The third kappa shape index (κ3) is 888. The predicted molar refractivity (Wildman–Crippen MR) is 51.2 cm³/mol. The van der Waals surface area contributed by atoms with Gasteiger partial charge in [-0.25, -0.2) is 0 Å². The molecule has 0 aromatic rings. The van der Waals surface area contributed by atoms with Gasteiger partial charge < -0.3 is 15.0 Å². The molecule has 0 unspecified atom stereocenters. The Morgan fingerprint density at radius 2 is 1.25 bits per heavy atom. The Labute approximate surface area is 74.7 Å². The van der Waals surface area contributed by atoms with Crippen LogP contribution < -0.4 is 0 Å². The summed E-state index contributed by atoms with van der Waals surface area (Å²) in [6, 6.07) is 0. The number of aliphatic hydroxyl groups is 2. The number of rotatable bonds is 0. The highest BCUT2D eigenvalue weighted by molar-refractivity contribution is 5.72. The summed E-state index contributed by atoms with van der Waals surface area (Å²) in [4.78, 5) is 9.44. The molecule has 0 aliphatic rings. The highest BCUT2D eigenvalue weighted by Crippen LogP contribution is 1.66.